The number of hydrogen-bond acceptors (Lipinski definition) is 6. The van der Waals surface area contributed by atoms with E-state index in [2.05, 4.69) is 55.7 Å². The summed E-state index contributed by atoms with van der Waals surface area (Å²) in [5.41, 5.74) is 1.16. The number of nitrogens with zero attached hydrogens (tertiary/aromatic N) is 2. The third kappa shape index (κ3) is 6.82. The molecule has 1 heterocycles. The first kappa shape index (κ1) is 19.6. The molecule has 0 aliphatic carbocycles. The maximum atomic E-state index is 12.0. The lowest BCUT2D eigenvalue weighted by atomic mass is 10.2. The minimum Gasteiger partial charge on any atom is -0.484 e. The van der Waals surface area contributed by atoms with E-state index in [1.165, 1.54) is 11.3 Å². The van der Waals surface area contributed by atoms with Crippen LogP contribution in [0.15, 0.2) is 69.5 Å². The Morgan fingerprint density at radius 2 is 1.93 bits per heavy atom. The van der Waals surface area contributed by atoms with Gasteiger partial charge in [0.1, 0.15) is 5.75 Å². The molecule has 0 saturated heterocycles. The van der Waals surface area contributed by atoms with Crippen molar-refractivity contribution in [1.82, 2.24) is 10.2 Å². The minimum absolute atomic E-state index is 0.0799. The van der Waals surface area contributed by atoms with Crippen molar-refractivity contribution in [2.75, 3.05) is 17.7 Å². The second-order valence-corrected chi connectivity index (χ2v) is 8.45. The lowest BCUT2D eigenvalue weighted by Gasteiger charge is -2.05. The topological polar surface area (TPSA) is 64.1 Å². The van der Waals surface area contributed by atoms with Gasteiger partial charge in [0.15, 0.2) is 10.9 Å². The zero-order valence-corrected chi connectivity index (χ0v) is 17.4. The number of anilines is 1. The van der Waals surface area contributed by atoms with Crippen LogP contribution in [0.2, 0.25) is 0 Å². The number of halogens is 1. The van der Waals surface area contributed by atoms with Gasteiger partial charge in [0.05, 0.1) is 0 Å². The lowest BCUT2D eigenvalue weighted by Crippen LogP contribution is -2.20. The van der Waals surface area contributed by atoms with E-state index in [0.717, 1.165) is 20.1 Å². The molecule has 0 aliphatic rings. The van der Waals surface area contributed by atoms with Gasteiger partial charge in [-0.05, 0) is 29.8 Å². The number of amides is 1. The molecule has 5 nitrogen and oxygen atoms in total. The van der Waals surface area contributed by atoms with Crippen LogP contribution < -0.4 is 10.1 Å². The summed E-state index contributed by atoms with van der Waals surface area (Å²) in [5, 5.41) is 11.2. The predicted molar refractivity (Wildman–Crippen MR) is 114 cm³/mol. The molecule has 1 N–H and O–H groups in total. The molecular weight excluding hydrogens is 446 g/mol. The molecule has 3 aromatic rings. The molecule has 0 saturated carbocycles. The van der Waals surface area contributed by atoms with Gasteiger partial charge in [-0.25, -0.2) is 0 Å². The van der Waals surface area contributed by atoms with Gasteiger partial charge in [-0.15, -0.1) is 10.2 Å². The first-order valence-electron chi connectivity index (χ1n) is 8.05. The maximum Gasteiger partial charge on any atom is 0.264 e. The fraction of sp³-hybridized carbons (Fsp3) is 0.105. The Morgan fingerprint density at radius 3 is 2.70 bits per heavy atom. The molecule has 3 rings (SSSR count). The number of carbonyl (C=O) groups is 1. The standard InChI is InChI=1S/C19H16BrN3O2S2/c20-15-8-10-16(11-9-15)25-13-17(24)21-18-22-23-19(27-18)26-12-4-7-14-5-2-1-3-6-14/h1-11H,12-13H2,(H,21,22,24)/b7-4+. The molecule has 0 fully saturated rings. The van der Waals surface area contributed by atoms with Gasteiger partial charge < -0.3 is 4.74 Å². The summed E-state index contributed by atoms with van der Waals surface area (Å²) in [6, 6.07) is 17.4. The Kier molecular flexibility index (Phi) is 7.44. The van der Waals surface area contributed by atoms with Crippen molar-refractivity contribution < 1.29 is 9.53 Å². The van der Waals surface area contributed by atoms with Gasteiger partial charge >= 0.3 is 0 Å². The van der Waals surface area contributed by atoms with Crippen LogP contribution in [0.4, 0.5) is 5.13 Å². The van der Waals surface area contributed by atoms with Gasteiger partial charge in [0, 0.05) is 10.2 Å². The van der Waals surface area contributed by atoms with Crippen LogP contribution >= 0.6 is 39.0 Å². The van der Waals surface area contributed by atoms with Gasteiger partial charge in [-0.2, -0.15) is 0 Å². The third-order valence-corrected chi connectivity index (χ3v) is 5.70. The van der Waals surface area contributed by atoms with Crippen LogP contribution in [0.25, 0.3) is 6.08 Å². The summed E-state index contributed by atoms with van der Waals surface area (Å²) >= 11 is 6.27. The van der Waals surface area contributed by atoms with Gasteiger partial charge in [0.25, 0.3) is 5.91 Å². The highest BCUT2D eigenvalue weighted by Crippen LogP contribution is 2.25. The number of nitrogens with one attached hydrogen (secondary N) is 1. The number of carbonyl (C=O) groups excluding carboxylic acids is 1. The van der Waals surface area contributed by atoms with Crippen molar-refractivity contribution >= 4 is 56.1 Å². The van der Waals surface area contributed by atoms with Crippen LogP contribution in [-0.4, -0.2) is 28.5 Å². The Labute approximate surface area is 174 Å². The molecule has 27 heavy (non-hydrogen) atoms. The molecule has 1 aromatic heterocycles. The Balaban J connectivity index is 1.41. The number of ether oxygens (including phenoxy) is 1. The van der Waals surface area contributed by atoms with E-state index in [1.54, 1.807) is 23.9 Å². The highest BCUT2D eigenvalue weighted by Gasteiger charge is 2.09. The highest BCUT2D eigenvalue weighted by atomic mass is 79.9. The van der Waals surface area contributed by atoms with Crippen molar-refractivity contribution in [3.8, 4) is 5.75 Å². The number of thioether (sulfide) groups is 1. The molecule has 0 bridgehead atoms. The van der Waals surface area contributed by atoms with Crippen LogP contribution in [0, 0.1) is 0 Å². The minimum atomic E-state index is -0.269. The van der Waals surface area contributed by atoms with Crippen LogP contribution in [0.5, 0.6) is 5.75 Å². The largest absolute Gasteiger partial charge is 0.484 e. The fourth-order valence-corrected chi connectivity index (χ4v) is 3.89. The number of rotatable bonds is 8. The normalized spacial score (nSPS) is 10.9. The summed E-state index contributed by atoms with van der Waals surface area (Å²) in [5.74, 6) is 1.14. The molecule has 1 amide bonds. The van der Waals surface area contributed by atoms with Gasteiger partial charge in [0.2, 0.25) is 5.13 Å². The van der Waals surface area contributed by atoms with Crippen molar-refractivity contribution in [2.24, 2.45) is 0 Å². The Morgan fingerprint density at radius 1 is 1.15 bits per heavy atom. The smallest absolute Gasteiger partial charge is 0.264 e. The van der Waals surface area contributed by atoms with E-state index < -0.39 is 0 Å². The van der Waals surface area contributed by atoms with Gasteiger partial charge in [-0.3, -0.25) is 10.1 Å². The van der Waals surface area contributed by atoms with E-state index in [-0.39, 0.29) is 12.5 Å². The number of benzene rings is 2. The van der Waals surface area contributed by atoms with E-state index in [9.17, 15) is 4.79 Å². The van der Waals surface area contributed by atoms with E-state index >= 15 is 0 Å². The van der Waals surface area contributed by atoms with E-state index in [0.29, 0.717) is 10.9 Å². The second kappa shape index (κ2) is 10.2. The molecule has 0 atom stereocenters. The highest BCUT2D eigenvalue weighted by molar-refractivity contribution is 9.10. The maximum absolute atomic E-state index is 12.0. The zero-order valence-electron chi connectivity index (χ0n) is 14.2. The summed E-state index contributed by atoms with van der Waals surface area (Å²) in [6.07, 6.45) is 4.14. The van der Waals surface area contributed by atoms with E-state index in [1.807, 2.05) is 30.3 Å². The van der Waals surface area contributed by atoms with Crippen LogP contribution in [0.1, 0.15) is 5.56 Å². The quantitative estimate of drug-likeness (QED) is 0.372. The molecule has 0 aliphatic heterocycles. The molecular formula is C19H16BrN3O2S2. The first-order valence-corrected chi connectivity index (χ1v) is 10.6. The van der Waals surface area contributed by atoms with Crippen LogP contribution in [-0.2, 0) is 4.79 Å². The Bertz CT molecular complexity index is 899. The third-order valence-electron chi connectivity index (χ3n) is 3.25. The average molecular weight is 462 g/mol. The van der Waals surface area contributed by atoms with Crippen molar-refractivity contribution in [1.29, 1.82) is 0 Å². The molecule has 0 unspecified atom stereocenters. The first-order chi connectivity index (χ1) is 13.2. The SMILES string of the molecule is O=C(COc1ccc(Br)cc1)Nc1nnc(SC/C=C/c2ccccc2)s1. The number of hydrogen-bond donors (Lipinski definition) is 1. The predicted octanol–water partition coefficient (Wildman–Crippen LogP) is 5.12. The molecule has 0 spiro atoms. The molecule has 8 heteroatoms. The number of aromatic nitrogens is 2. The van der Waals surface area contributed by atoms with Crippen LogP contribution in [0.3, 0.4) is 0 Å². The van der Waals surface area contributed by atoms with Crippen molar-refractivity contribution in [3.05, 3.63) is 70.7 Å². The Hall–Kier alpha value is -2.16. The summed E-state index contributed by atoms with van der Waals surface area (Å²) in [6.45, 7) is -0.0799. The summed E-state index contributed by atoms with van der Waals surface area (Å²) in [4.78, 5) is 12.0. The fourth-order valence-electron chi connectivity index (χ4n) is 2.02. The molecule has 0 radical (unpaired) electrons. The lowest BCUT2D eigenvalue weighted by molar-refractivity contribution is -0.118. The van der Waals surface area contributed by atoms with E-state index in [4.69, 9.17) is 4.74 Å². The summed E-state index contributed by atoms with van der Waals surface area (Å²) < 4.78 is 7.19. The molecule has 138 valence electrons. The summed E-state index contributed by atoms with van der Waals surface area (Å²) in [7, 11) is 0. The monoisotopic (exact) mass is 461 g/mol. The zero-order chi connectivity index (χ0) is 18.9. The molecule has 2 aromatic carbocycles. The van der Waals surface area contributed by atoms with Crippen molar-refractivity contribution in [2.45, 2.75) is 4.34 Å². The van der Waals surface area contributed by atoms with Gasteiger partial charge in [-0.1, -0.05) is 81.5 Å². The average Bonchev–Trinajstić information content (AvgIpc) is 3.13. The van der Waals surface area contributed by atoms with Crippen molar-refractivity contribution in [3.63, 3.8) is 0 Å². The second-order valence-electron chi connectivity index (χ2n) is 5.29.